The van der Waals surface area contributed by atoms with Crippen LogP contribution in [0.1, 0.15) is 23.7 Å². The zero-order valence-electron chi connectivity index (χ0n) is 16.3. The van der Waals surface area contributed by atoms with Crippen molar-refractivity contribution in [2.45, 2.75) is 13.3 Å². The molecule has 1 fully saturated rings. The highest BCUT2D eigenvalue weighted by atomic mass is 16.5. The number of rotatable bonds is 7. The predicted octanol–water partition coefficient (Wildman–Crippen LogP) is 2.55. The van der Waals surface area contributed by atoms with Gasteiger partial charge in [0, 0.05) is 44.7 Å². The summed E-state index contributed by atoms with van der Waals surface area (Å²) in [4.78, 5) is 28.6. The van der Waals surface area contributed by atoms with E-state index in [1.54, 1.807) is 12.1 Å². The molecule has 0 saturated carbocycles. The summed E-state index contributed by atoms with van der Waals surface area (Å²) in [6, 6.07) is 17.0. The first-order chi connectivity index (χ1) is 13.7. The maximum absolute atomic E-state index is 12.5. The quantitative estimate of drug-likeness (QED) is 0.801. The Bertz CT molecular complexity index is 787. The molecule has 28 heavy (non-hydrogen) atoms. The molecule has 2 aromatic rings. The molecule has 1 saturated heterocycles. The molecule has 0 radical (unpaired) electrons. The summed E-state index contributed by atoms with van der Waals surface area (Å²) in [6.45, 7) is 5.84. The predicted molar refractivity (Wildman–Crippen MR) is 110 cm³/mol. The lowest BCUT2D eigenvalue weighted by Gasteiger charge is -2.36. The van der Waals surface area contributed by atoms with Crippen molar-refractivity contribution < 1.29 is 14.3 Å². The number of amides is 2. The van der Waals surface area contributed by atoms with Crippen LogP contribution in [-0.2, 0) is 4.79 Å². The lowest BCUT2D eigenvalue weighted by atomic mass is 10.2. The van der Waals surface area contributed by atoms with Gasteiger partial charge in [-0.2, -0.15) is 0 Å². The Hall–Kier alpha value is -3.02. The van der Waals surface area contributed by atoms with Crippen molar-refractivity contribution in [3.8, 4) is 5.75 Å². The zero-order chi connectivity index (χ0) is 19.8. The van der Waals surface area contributed by atoms with Gasteiger partial charge in [0.25, 0.3) is 5.91 Å². The summed E-state index contributed by atoms with van der Waals surface area (Å²) in [5.41, 5.74) is 1.68. The summed E-state index contributed by atoms with van der Waals surface area (Å²) in [5.74, 6) is 0.810. The molecule has 1 aliphatic rings. The van der Waals surface area contributed by atoms with Gasteiger partial charge in [-0.15, -0.1) is 0 Å². The van der Waals surface area contributed by atoms with Crippen LogP contribution in [0.25, 0.3) is 0 Å². The number of carbonyl (C=O) groups is 2. The molecular formula is C22H27N3O3. The van der Waals surface area contributed by atoms with Crippen LogP contribution in [0.15, 0.2) is 54.6 Å². The fraction of sp³-hybridized carbons (Fsp3) is 0.364. The molecule has 0 aromatic heterocycles. The normalized spacial score (nSPS) is 13.9. The van der Waals surface area contributed by atoms with Gasteiger partial charge in [0.05, 0.1) is 12.3 Å². The van der Waals surface area contributed by atoms with Crippen molar-refractivity contribution in [3.63, 3.8) is 0 Å². The number of carbonyl (C=O) groups excluding carboxylic acids is 2. The second-order valence-electron chi connectivity index (χ2n) is 6.64. The van der Waals surface area contributed by atoms with Gasteiger partial charge in [0.1, 0.15) is 5.75 Å². The smallest absolute Gasteiger partial charge is 0.251 e. The van der Waals surface area contributed by atoms with Crippen LogP contribution in [-0.4, -0.2) is 56.0 Å². The first-order valence-corrected chi connectivity index (χ1v) is 9.77. The summed E-state index contributed by atoms with van der Waals surface area (Å²) in [7, 11) is 0. The molecule has 2 amide bonds. The lowest BCUT2D eigenvalue weighted by Crippen LogP contribution is -2.49. The number of para-hydroxylation sites is 2. The van der Waals surface area contributed by atoms with Crippen molar-refractivity contribution in [1.82, 2.24) is 10.2 Å². The Morgan fingerprint density at radius 1 is 0.964 bits per heavy atom. The molecule has 0 spiro atoms. The number of nitrogens with one attached hydrogen (secondary N) is 1. The van der Waals surface area contributed by atoms with Crippen LogP contribution in [0.5, 0.6) is 5.75 Å². The van der Waals surface area contributed by atoms with Crippen molar-refractivity contribution in [3.05, 3.63) is 60.2 Å². The Balaban J connectivity index is 1.45. The van der Waals surface area contributed by atoms with Gasteiger partial charge in [-0.25, -0.2) is 0 Å². The highest BCUT2D eigenvalue weighted by Gasteiger charge is 2.22. The first-order valence-electron chi connectivity index (χ1n) is 9.77. The van der Waals surface area contributed by atoms with Crippen LogP contribution in [0.4, 0.5) is 5.69 Å². The number of benzene rings is 2. The maximum Gasteiger partial charge on any atom is 0.251 e. The van der Waals surface area contributed by atoms with E-state index in [-0.39, 0.29) is 11.8 Å². The van der Waals surface area contributed by atoms with Gasteiger partial charge in [0.2, 0.25) is 5.91 Å². The highest BCUT2D eigenvalue weighted by Crippen LogP contribution is 2.28. The molecule has 2 aromatic carbocycles. The van der Waals surface area contributed by atoms with Crippen molar-refractivity contribution >= 4 is 17.5 Å². The monoisotopic (exact) mass is 381 g/mol. The molecule has 1 N–H and O–H groups in total. The van der Waals surface area contributed by atoms with Crippen LogP contribution >= 0.6 is 0 Å². The third-order valence-corrected chi connectivity index (χ3v) is 4.80. The zero-order valence-corrected chi connectivity index (χ0v) is 16.3. The van der Waals surface area contributed by atoms with E-state index in [1.807, 2.05) is 48.2 Å². The van der Waals surface area contributed by atoms with E-state index in [0.29, 0.717) is 38.2 Å². The van der Waals surface area contributed by atoms with Crippen molar-refractivity contribution in [2.24, 2.45) is 0 Å². The molecule has 0 unspecified atom stereocenters. The lowest BCUT2D eigenvalue weighted by molar-refractivity contribution is -0.131. The van der Waals surface area contributed by atoms with E-state index >= 15 is 0 Å². The fourth-order valence-corrected chi connectivity index (χ4v) is 3.33. The molecule has 1 heterocycles. The molecule has 6 heteroatoms. The maximum atomic E-state index is 12.5. The van der Waals surface area contributed by atoms with E-state index in [4.69, 9.17) is 4.74 Å². The second kappa shape index (κ2) is 9.78. The number of hydrogen-bond acceptors (Lipinski definition) is 4. The Morgan fingerprint density at radius 3 is 2.36 bits per heavy atom. The number of nitrogens with zero attached hydrogens (tertiary/aromatic N) is 2. The molecule has 6 nitrogen and oxygen atoms in total. The van der Waals surface area contributed by atoms with Crippen LogP contribution in [0, 0.1) is 0 Å². The van der Waals surface area contributed by atoms with Gasteiger partial charge < -0.3 is 19.9 Å². The van der Waals surface area contributed by atoms with Crippen molar-refractivity contribution in [2.75, 3.05) is 44.2 Å². The third-order valence-electron chi connectivity index (χ3n) is 4.80. The number of piperazine rings is 1. The van der Waals surface area contributed by atoms with Gasteiger partial charge in [-0.1, -0.05) is 30.3 Å². The number of anilines is 1. The minimum absolute atomic E-state index is 0.0751. The fourth-order valence-electron chi connectivity index (χ4n) is 3.33. The standard InChI is InChI=1S/C22H27N3O3/c1-2-28-20-11-7-6-10-19(20)24-14-16-25(17-15-24)21(26)12-13-23-22(27)18-8-4-3-5-9-18/h3-11H,2,12-17H2,1H3,(H,23,27). The van der Waals surface area contributed by atoms with Crippen LogP contribution in [0.2, 0.25) is 0 Å². The van der Waals surface area contributed by atoms with Crippen molar-refractivity contribution in [1.29, 1.82) is 0 Å². The van der Waals surface area contributed by atoms with E-state index in [9.17, 15) is 9.59 Å². The number of hydrogen-bond donors (Lipinski definition) is 1. The summed E-state index contributed by atoms with van der Waals surface area (Å²) < 4.78 is 5.71. The van der Waals surface area contributed by atoms with Crippen LogP contribution < -0.4 is 15.0 Å². The summed E-state index contributed by atoms with van der Waals surface area (Å²) >= 11 is 0. The Labute approximate surface area is 166 Å². The topological polar surface area (TPSA) is 61.9 Å². The van der Waals surface area contributed by atoms with Gasteiger partial charge in [0.15, 0.2) is 0 Å². The summed E-state index contributed by atoms with van der Waals surface area (Å²) in [6.07, 6.45) is 0.314. The highest BCUT2D eigenvalue weighted by molar-refractivity contribution is 5.94. The molecule has 148 valence electrons. The summed E-state index contributed by atoms with van der Waals surface area (Å²) in [5, 5.41) is 2.81. The molecule has 3 rings (SSSR count). The molecule has 1 aliphatic heterocycles. The average molecular weight is 381 g/mol. The van der Waals surface area contributed by atoms with E-state index in [1.165, 1.54) is 0 Å². The minimum atomic E-state index is -0.147. The third kappa shape index (κ3) is 5.03. The van der Waals surface area contributed by atoms with Gasteiger partial charge in [-0.05, 0) is 31.2 Å². The molecule has 0 bridgehead atoms. The van der Waals surface area contributed by atoms with Crippen LogP contribution in [0.3, 0.4) is 0 Å². The van der Waals surface area contributed by atoms with Gasteiger partial charge >= 0.3 is 0 Å². The Kier molecular flexibility index (Phi) is 6.89. The van der Waals surface area contributed by atoms with E-state index < -0.39 is 0 Å². The Morgan fingerprint density at radius 2 is 1.64 bits per heavy atom. The second-order valence-corrected chi connectivity index (χ2v) is 6.64. The molecule has 0 aliphatic carbocycles. The molecular weight excluding hydrogens is 354 g/mol. The average Bonchev–Trinajstić information content (AvgIpc) is 2.75. The van der Waals surface area contributed by atoms with E-state index in [0.717, 1.165) is 24.5 Å². The first kappa shape index (κ1) is 19.7. The minimum Gasteiger partial charge on any atom is -0.492 e. The number of ether oxygens (including phenoxy) is 1. The molecule has 0 atom stereocenters. The van der Waals surface area contributed by atoms with E-state index in [2.05, 4.69) is 16.3 Å². The largest absolute Gasteiger partial charge is 0.492 e. The van der Waals surface area contributed by atoms with Gasteiger partial charge in [-0.3, -0.25) is 9.59 Å². The SMILES string of the molecule is CCOc1ccccc1N1CCN(C(=O)CCNC(=O)c2ccccc2)CC1.